The average Bonchev–Trinajstić information content (AvgIpc) is 2.86. The van der Waals surface area contributed by atoms with Crippen LogP contribution in [0.5, 0.6) is 5.75 Å². The molecular formula is C16H20F3N3OS. The van der Waals surface area contributed by atoms with E-state index in [0.29, 0.717) is 15.3 Å². The van der Waals surface area contributed by atoms with Crippen LogP contribution in [-0.4, -0.2) is 35.2 Å². The topological polar surface area (TPSA) is 37.7 Å². The maximum atomic E-state index is 12.3. The molecule has 1 heterocycles. The minimum atomic E-state index is -4.70. The lowest BCUT2D eigenvalue weighted by molar-refractivity contribution is -0.274. The van der Waals surface area contributed by atoms with E-state index in [2.05, 4.69) is 33.5 Å². The molecule has 1 aromatic heterocycles. The molecule has 1 aromatic carbocycles. The molecule has 8 heteroatoms. The van der Waals surface area contributed by atoms with Gasteiger partial charge in [0.1, 0.15) is 11.6 Å². The Morgan fingerprint density at radius 3 is 2.50 bits per heavy atom. The predicted octanol–water partition coefficient (Wildman–Crippen LogP) is 5.37. The molecule has 0 aliphatic heterocycles. The fourth-order valence-corrected chi connectivity index (χ4v) is 3.23. The standard InChI is InChI=1S/C16H20F3N3OS/c1-4-8-22(9-5-2)11(3)20-15-21-13-7-6-12(10-14(13)24-15)23-16(17,18)19/h6-7,10H,4-5,8-9H2,1-3H3/b20-11-. The molecule has 0 amide bonds. The van der Waals surface area contributed by atoms with Crippen LogP contribution in [0, 0.1) is 0 Å². The summed E-state index contributed by atoms with van der Waals surface area (Å²) in [6.45, 7) is 7.97. The third kappa shape index (κ3) is 5.09. The van der Waals surface area contributed by atoms with Gasteiger partial charge in [0.05, 0.1) is 10.2 Å². The van der Waals surface area contributed by atoms with E-state index in [9.17, 15) is 13.2 Å². The summed E-state index contributed by atoms with van der Waals surface area (Å²) in [7, 11) is 0. The molecule has 0 saturated carbocycles. The number of alkyl halides is 3. The van der Waals surface area contributed by atoms with E-state index in [1.54, 1.807) is 0 Å². The van der Waals surface area contributed by atoms with Crippen molar-refractivity contribution in [2.24, 2.45) is 4.99 Å². The maximum Gasteiger partial charge on any atom is 0.573 e. The van der Waals surface area contributed by atoms with Gasteiger partial charge in [0.25, 0.3) is 0 Å². The molecule has 132 valence electrons. The quantitative estimate of drug-likeness (QED) is 0.514. The summed E-state index contributed by atoms with van der Waals surface area (Å²) in [5.74, 6) is 0.619. The van der Waals surface area contributed by atoms with Gasteiger partial charge < -0.3 is 9.64 Å². The average molecular weight is 359 g/mol. The molecule has 2 aromatic rings. The summed E-state index contributed by atoms with van der Waals surface area (Å²) >= 11 is 1.25. The Morgan fingerprint density at radius 1 is 1.25 bits per heavy atom. The van der Waals surface area contributed by atoms with Gasteiger partial charge in [0, 0.05) is 19.2 Å². The van der Waals surface area contributed by atoms with Crippen molar-refractivity contribution in [3.8, 4) is 5.75 Å². The molecule has 4 nitrogen and oxygen atoms in total. The number of fused-ring (bicyclic) bond motifs is 1. The highest BCUT2D eigenvalue weighted by atomic mass is 32.1. The highest BCUT2D eigenvalue weighted by Crippen LogP contribution is 2.33. The first-order valence-corrected chi connectivity index (χ1v) is 8.60. The van der Waals surface area contributed by atoms with E-state index in [-0.39, 0.29) is 5.75 Å². The second-order valence-corrected chi connectivity index (χ2v) is 6.33. The highest BCUT2D eigenvalue weighted by Gasteiger charge is 2.31. The Kier molecular flexibility index (Phi) is 6.04. The normalized spacial score (nSPS) is 12.7. The fraction of sp³-hybridized carbons (Fsp3) is 0.500. The van der Waals surface area contributed by atoms with Crippen molar-refractivity contribution in [1.82, 2.24) is 9.88 Å². The molecule has 0 fully saturated rings. The van der Waals surface area contributed by atoms with Crippen LogP contribution in [-0.2, 0) is 0 Å². The van der Waals surface area contributed by atoms with Gasteiger partial charge in [0.2, 0.25) is 5.13 Å². The Morgan fingerprint density at radius 2 is 1.92 bits per heavy atom. The van der Waals surface area contributed by atoms with Crippen molar-refractivity contribution >= 4 is 32.5 Å². The van der Waals surface area contributed by atoms with Gasteiger partial charge in [-0.05, 0) is 31.9 Å². The van der Waals surface area contributed by atoms with Gasteiger partial charge in [-0.3, -0.25) is 0 Å². The maximum absolute atomic E-state index is 12.3. The van der Waals surface area contributed by atoms with Crippen molar-refractivity contribution in [1.29, 1.82) is 0 Å². The zero-order valence-corrected chi connectivity index (χ0v) is 14.7. The number of hydrogen-bond donors (Lipinski definition) is 0. The first kappa shape index (κ1) is 18.5. The van der Waals surface area contributed by atoms with Crippen LogP contribution >= 0.6 is 11.3 Å². The molecule has 0 N–H and O–H groups in total. The van der Waals surface area contributed by atoms with Crippen LogP contribution < -0.4 is 4.74 Å². The van der Waals surface area contributed by atoms with Gasteiger partial charge in [-0.2, -0.15) is 0 Å². The van der Waals surface area contributed by atoms with Gasteiger partial charge in [-0.1, -0.05) is 25.2 Å². The highest BCUT2D eigenvalue weighted by molar-refractivity contribution is 7.22. The largest absolute Gasteiger partial charge is 0.573 e. The molecule has 0 aliphatic rings. The first-order valence-electron chi connectivity index (χ1n) is 7.79. The monoisotopic (exact) mass is 359 g/mol. The predicted molar refractivity (Wildman–Crippen MR) is 91.2 cm³/mol. The van der Waals surface area contributed by atoms with Crippen molar-refractivity contribution in [2.45, 2.75) is 40.0 Å². The molecular weight excluding hydrogens is 339 g/mol. The van der Waals surface area contributed by atoms with Crippen molar-refractivity contribution < 1.29 is 17.9 Å². The molecule has 0 aliphatic carbocycles. The van der Waals surface area contributed by atoms with E-state index in [0.717, 1.165) is 31.8 Å². The van der Waals surface area contributed by atoms with Crippen LogP contribution in [0.4, 0.5) is 18.3 Å². The number of thiazole rings is 1. The summed E-state index contributed by atoms with van der Waals surface area (Å²) in [5, 5.41) is 0.531. The number of hydrogen-bond acceptors (Lipinski definition) is 4. The van der Waals surface area contributed by atoms with Crippen LogP contribution in [0.1, 0.15) is 33.6 Å². The first-order chi connectivity index (χ1) is 11.3. The van der Waals surface area contributed by atoms with E-state index in [1.165, 1.54) is 29.5 Å². The van der Waals surface area contributed by atoms with Crippen molar-refractivity contribution in [3.63, 3.8) is 0 Å². The second-order valence-electron chi connectivity index (χ2n) is 5.32. The molecule has 2 rings (SSSR count). The lowest BCUT2D eigenvalue weighted by Gasteiger charge is -2.22. The summed E-state index contributed by atoms with van der Waals surface area (Å²) in [5.41, 5.74) is 0.610. The van der Waals surface area contributed by atoms with E-state index in [4.69, 9.17) is 0 Å². The molecule has 0 radical (unpaired) electrons. The Labute approximate surface area is 143 Å². The summed E-state index contributed by atoms with van der Waals surface area (Å²) in [6, 6.07) is 4.11. The van der Waals surface area contributed by atoms with E-state index in [1.807, 2.05) is 6.92 Å². The number of amidine groups is 1. The van der Waals surface area contributed by atoms with Crippen LogP contribution in [0.2, 0.25) is 0 Å². The van der Waals surface area contributed by atoms with E-state index < -0.39 is 6.36 Å². The molecule has 0 saturated heterocycles. The van der Waals surface area contributed by atoms with E-state index >= 15 is 0 Å². The van der Waals surface area contributed by atoms with Crippen molar-refractivity contribution in [3.05, 3.63) is 18.2 Å². The lowest BCUT2D eigenvalue weighted by Crippen LogP contribution is -2.30. The van der Waals surface area contributed by atoms with Crippen LogP contribution in [0.15, 0.2) is 23.2 Å². The summed E-state index contributed by atoms with van der Waals surface area (Å²) in [6.07, 6.45) is -2.66. The fourth-order valence-electron chi connectivity index (χ4n) is 2.32. The third-order valence-corrected chi connectivity index (χ3v) is 4.20. The van der Waals surface area contributed by atoms with Gasteiger partial charge in [-0.25, -0.2) is 9.98 Å². The minimum Gasteiger partial charge on any atom is -0.406 e. The summed E-state index contributed by atoms with van der Waals surface area (Å²) < 4.78 is 41.4. The number of aromatic nitrogens is 1. The molecule has 0 spiro atoms. The number of benzene rings is 1. The van der Waals surface area contributed by atoms with Gasteiger partial charge >= 0.3 is 6.36 Å². The molecule has 0 bridgehead atoms. The SMILES string of the molecule is CCCN(CCC)/C(C)=N\c1nc2ccc(OC(F)(F)F)cc2s1. The zero-order chi connectivity index (χ0) is 17.7. The molecule has 0 atom stereocenters. The number of aliphatic imine (C=N–C) groups is 1. The van der Waals surface area contributed by atoms with Gasteiger partial charge in [0.15, 0.2) is 0 Å². The second kappa shape index (κ2) is 7.83. The Balaban J connectivity index is 2.24. The van der Waals surface area contributed by atoms with Gasteiger partial charge in [-0.15, -0.1) is 13.2 Å². The number of ether oxygens (including phenoxy) is 1. The number of rotatable bonds is 6. The smallest absolute Gasteiger partial charge is 0.406 e. The van der Waals surface area contributed by atoms with Crippen molar-refractivity contribution in [2.75, 3.05) is 13.1 Å². The minimum absolute atomic E-state index is 0.246. The third-order valence-electron chi connectivity index (χ3n) is 3.28. The molecule has 0 unspecified atom stereocenters. The number of nitrogens with zero attached hydrogens (tertiary/aromatic N) is 3. The lowest BCUT2D eigenvalue weighted by atomic mass is 10.3. The zero-order valence-electron chi connectivity index (χ0n) is 13.9. The van der Waals surface area contributed by atoms with Crippen LogP contribution in [0.25, 0.3) is 10.2 Å². The Hall–Kier alpha value is -1.83. The van der Waals surface area contributed by atoms with Crippen LogP contribution in [0.3, 0.4) is 0 Å². The number of halogens is 3. The molecule has 24 heavy (non-hydrogen) atoms. The Bertz CT molecular complexity index is 706. The summed E-state index contributed by atoms with van der Waals surface area (Å²) in [4.78, 5) is 11.1.